The zero-order valence-electron chi connectivity index (χ0n) is 10.6. The Kier molecular flexibility index (Phi) is 4.20. The summed E-state index contributed by atoms with van der Waals surface area (Å²) in [4.78, 5) is 4.63. The molecule has 18 heavy (non-hydrogen) atoms. The highest BCUT2D eigenvalue weighted by Crippen LogP contribution is 2.27. The van der Waals surface area contributed by atoms with E-state index in [-0.39, 0.29) is 0 Å². The number of benzene rings is 1. The molecule has 94 valence electrons. The quantitative estimate of drug-likeness (QED) is 0.711. The van der Waals surface area contributed by atoms with Gasteiger partial charge in [0.2, 0.25) is 0 Å². The van der Waals surface area contributed by atoms with Gasteiger partial charge in [-0.05, 0) is 23.1 Å². The van der Waals surface area contributed by atoms with Gasteiger partial charge in [-0.2, -0.15) is 0 Å². The van der Waals surface area contributed by atoms with Crippen LogP contribution in [0, 0.1) is 0 Å². The Morgan fingerprint density at radius 1 is 1.44 bits per heavy atom. The van der Waals surface area contributed by atoms with Gasteiger partial charge in [-0.1, -0.05) is 38.6 Å². The van der Waals surface area contributed by atoms with Crippen LogP contribution in [0.3, 0.4) is 0 Å². The summed E-state index contributed by atoms with van der Waals surface area (Å²) in [5, 5.41) is 3.10. The molecule has 1 heterocycles. The van der Waals surface area contributed by atoms with Gasteiger partial charge in [0.05, 0.1) is 5.69 Å². The molecule has 0 aliphatic rings. The molecule has 1 aromatic carbocycles. The van der Waals surface area contributed by atoms with E-state index < -0.39 is 0 Å². The van der Waals surface area contributed by atoms with Gasteiger partial charge in [-0.15, -0.1) is 22.9 Å². The molecule has 0 bridgehead atoms. The maximum Gasteiger partial charge on any atom is 0.123 e. The Morgan fingerprint density at radius 2 is 2.22 bits per heavy atom. The average molecular weight is 278 g/mol. The van der Waals surface area contributed by atoms with E-state index in [0.717, 1.165) is 27.4 Å². The first-order chi connectivity index (χ1) is 8.61. The van der Waals surface area contributed by atoms with Gasteiger partial charge in [0.15, 0.2) is 0 Å². The Hall–Kier alpha value is -1.12. The molecule has 0 amide bonds. The van der Waals surface area contributed by atoms with Crippen molar-refractivity contribution in [2.75, 3.05) is 0 Å². The minimum atomic E-state index is 0.456. The summed E-state index contributed by atoms with van der Waals surface area (Å²) in [6.45, 7) is 8.45. The van der Waals surface area contributed by atoms with Crippen molar-refractivity contribution in [1.82, 2.24) is 4.98 Å². The fourth-order valence-electron chi connectivity index (χ4n) is 1.66. The summed E-state index contributed by atoms with van der Waals surface area (Å²) in [6, 6.07) is 8.15. The molecule has 0 unspecified atom stereocenters. The number of thiazole rings is 1. The van der Waals surface area contributed by atoms with Gasteiger partial charge in [0.1, 0.15) is 5.01 Å². The number of rotatable bonds is 4. The van der Waals surface area contributed by atoms with Crippen LogP contribution in [0.1, 0.15) is 41.6 Å². The first kappa shape index (κ1) is 13.3. The third kappa shape index (κ3) is 2.82. The van der Waals surface area contributed by atoms with E-state index >= 15 is 0 Å². The molecule has 0 saturated heterocycles. The van der Waals surface area contributed by atoms with Crippen molar-refractivity contribution in [1.29, 1.82) is 0 Å². The zero-order chi connectivity index (χ0) is 13.1. The van der Waals surface area contributed by atoms with Crippen LogP contribution in [0.5, 0.6) is 0 Å². The highest BCUT2D eigenvalue weighted by atomic mass is 35.5. The third-order valence-corrected chi connectivity index (χ3v) is 4.03. The molecule has 2 rings (SSSR count). The van der Waals surface area contributed by atoms with E-state index in [4.69, 9.17) is 11.6 Å². The topological polar surface area (TPSA) is 12.9 Å². The van der Waals surface area contributed by atoms with E-state index in [1.165, 1.54) is 0 Å². The second-order valence-electron chi connectivity index (χ2n) is 4.54. The molecule has 0 atom stereocenters. The second kappa shape index (κ2) is 5.68. The van der Waals surface area contributed by atoms with Crippen LogP contribution >= 0.6 is 22.9 Å². The van der Waals surface area contributed by atoms with Crippen LogP contribution in [0.15, 0.2) is 36.2 Å². The molecular formula is C15H16ClNS. The van der Waals surface area contributed by atoms with Gasteiger partial charge >= 0.3 is 0 Å². The predicted octanol–water partition coefficient (Wildman–Crippen LogP) is 5.07. The van der Waals surface area contributed by atoms with Crippen molar-refractivity contribution < 1.29 is 0 Å². The number of nitrogens with zero attached hydrogens (tertiary/aromatic N) is 1. The molecule has 1 nitrogen and oxygen atoms in total. The Bertz CT molecular complexity index is 557. The molecule has 0 fully saturated rings. The van der Waals surface area contributed by atoms with Crippen LogP contribution in [-0.4, -0.2) is 4.98 Å². The van der Waals surface area contributed by atoms with E-state index in [1.54, 1.807) is 11.3 Å². The van der Waals surface area contributed by atoms with Gasteiger partial charge < -0.3 is 0 Å². The van der Waals surface area contributed by atoms with Crippen LogP contribution in [0.4, 0.5) is 0 Å². The Morgan fingerprint density at radius 3 is 2.83 bits per heavy atom. The third-order valence-electron chi connectivity index (χ3n) is 2.80. The van der Waals surface area contributed by atoms with E-state index in [0.29, 0.717) is 11.8 Å². The van der Waals surface area contributed by atoms with Crippen LogP contribution < -0.4 is 0 Å². The molecule has 3 heteroatoms. The summed E-state index contributed by atoms with van der Waals surface area (Å²) < 4.78 is 0. The lowest BCUT2D eigenvalue weighted by Gasteiger charge is -2.04. The van der Waals surface area contributed by atoms with Crippen molar-refractivity contribution >= 4 is 28.5 Å². The zero-order valence-corrected chi connectivity index (χ0v) is 12.2. The van der Waals surface area contributed by atoms with E-state index in [1.807, 2.05) is 12.1 Å². The number of halogens is 1. The molecule has 0 spiro atoms. The standard InChI is InChI=1S/C15H16ClNS/c1-10(2)14-9-18-15(17-14)11(3)13-6-4-5-12(7-13)8-16/h4-7,9-10H,3,8H2,1-2H3. The minimum absolute atomic E-state index is 0.456. The largest absolute Gasteiger partial charge is 0.241 e. The summed E-state index contributed by atoms with van der Waals surface area (Å²) in [7, 11) is 0. The van der Waals surface area contributed by atoms with Gasteiger partial charge in [-0.25, -0.2) is 4.98 Å². The van der Waals surface area contributed by atoms with Crippen molar-refractivity contribution in [3.63, 3.8) is 0 Å². The molecule has 0 radical (unpaired) electrons. The highest BCUT2D eigenvalue weighted by Gasteiger charge is 2.10. The molecular weight excluding hydrogens is 262 g/mol. The molecule has 0 aliphatic carbocycles. The van der Waals surface area contributed by atoms with Gasteiger partial charge in [-0.3, -0.25) is 0 Å². The molecule has 0 N–H and O–H groups in total. The first-order valence-electron chi connectivity index (χ1n) is 5.91. The van der Waals surface area contributed by atoms with Gasteiger partial charge in [0.25, 0.3) is 0 Å². The number of hydrogen-bond acceptors (Lipinski definition) is 2. The lowest BCUT2D eigenvalue weighted by atomic mass is 10.1. The lowest BCUT2D eigenvalue weighted by molar-refractivity contribution is 0.831. The van der Waals surface area contributed by atoms with Crippen molar-refractivity contribution in [2.45, 2.75) is 25.6 Å². The van der Waals surface area contributed by atoms with Crippen LogP contribution in [0.25, 0.3) is 5.57 Å². The number of aromatic nitrogens is 1. The maximum absolute atomic E-state index is 5.85. The lowest BCUT2D eigenvalue weighted by Crippen LogP contribution is -1.90. The van der Waals surface area contributed by atoms with Crippen LogP contribution in [0.2, 0.25) is 0 Å². The maximum atomic E-state index is 5.85. The average Bonchev–Trinajstić information content (AvgIpc) is 2.87. The number of alkyl halides is 1. The second-order valence-corrected chi connectivity index (χ2v) is 5.67. The Balaban J connectivity index is 2.29. The van der Waals surface area contributed by atoms with Crippen molar-refractivity contribution in [3.05, 3.63) is 58.1 Å². The highest BCUT2D eigenvalue weighted by molar-refractivity contribution is 7.10. The predicted molar refractivity (Wildman–Crippen MR) is 80.3 cm³/mol. The molecule has 0 aliphatic heterocycles. The fourth-order valence-corrected chi connectivity index (χ4v) is 2.80. The van der Waals surface area contributed by atoms with E-state index in [2.05, 4.69) is 42.9 Å². The first-order valence-corrected chi connectivity index (χ1v) is 7.33. The van der Waals surface area contributed by atoms with Crippen molar-refractivity contribution in [2.24, 2.45) is 0 Å². The van der Waals surface area contributed by atoms with Crippen LogP contribution in [-0.2, 0) is 5.88 Å². The SMILES string of the molecule is C=C(c1cccc(CCl)c1)c1nc(C(C)C)cs1. The molecule has 0 saturated carbocycles. The number of hydrogen-bond donors (Lipinski definition) is 0. The van der Waals surface area contributed by atoms with Crippen molar-refractivity contribution in [3.8, 4) is 0 Å². The smallest absolute Gasteiger partial charge is 0.123 e. The summed E-state index contributed by atoms with van der Waals surface area (Å²) in [6.07, 6.45) is 0. The van der Waals surface area contributed by atoms with E-state index in [9.17, 15) is 0 Å². The van der Waals surface area contributed by atoms with Gasteiger partial charge in [0, 0.05) is 16.8 Å². The summed E-state index contributed by atoms with van der Waals surface area (Å²) in [5.41, 5.74) is 4.30. The molecule has 1 aromatic heterocycles. The molecule has 2 aromatic rings. The fraction of sp³-hybridized carbons (Fsp3) is 0.267. The minimum Gasteiger partial charge on any atom is -0.241 e. The summed E-state index contributed by atoms with van der Waals surface area (Å²) >= 11 is 7.50. The monoisotopic (exact) mass is 277 g/mol. The normalized spacial score (nSPS) is 10.9. The Labute approximate surface area is 117 Å². The summed E-state index contributed by atoms with van der Waals surface area (Å²) in [5.74, 6) is 0.980.